The van der Waals surface area contributed by atoms with Crippen LogP contribution in [0.5, 0.6) is 0 Å². The number of carbonyl (C=O) groups excluding carboxylic acids is 1. The maximum Gasteiger partial charge on any atom is 0.157 e. The number of hydrogen-bond donors (Lipinski definition) is 1. The molecule has 1 aliphatic heterocycles. The summed E-state index contributed by atoms with van der Waals surface area (Å²) in [6.45, 7) is 10.4. The van der Waals surface area contributed by atoms with Gasteiger partial charge >= 0.3 is 0 Å². The molecule has 1 saturated heterocycles. The maximum atomic E-state index is 11.6. The maximum absolute atomic E-state index is 11.6. The van der Waals surface area contributed by atoms with E-state index in [4.69, 9.17) is 4.74 Å². The molecule has 1 heterocycles. The third-order valence-corrected chi connectivity index (χ3v) is 2.86. The van der Waals surface area contributed by atoms with E-state index >= 15 is 0 Å². The van der Waals surface area contributed by atoms with E-state index in [0.717, 1.165) is 42.1 Å². The standard InChI is InChI=1S/C12H19BrN2O2/c1-9(13)8-12(11(3)16)10(2)14-15-4-6-17-7-5-15/h14H,1,4-8H2,2-3H3/b12-10-. The van der Waals surface area contributed by atoms with Gasteiger partial charge in [0.2, 0.25) is 0 Å². The lowest BCUT2D eigenvalue weighted by molar-refractivity contribution is -0.113. The molecule has 17 heavy (non-hydrogen) atoms. The van der Waals surface area contributed by atoms with Crippen molar-refractivity contribution in [3.63, 3.8) is 0 Å². The number of ether oxygens (including phenoxy) is 1. The number of Topliss-reactive ketones (excluding diaryl/α,β-unsaturated/α-hetero) is 1. The molecule has 0 radical (unpaired) electrons. The third kappa shape index (κ3) is 5.02. The van der Waals surface area contributed by atoms with E-state index in [1.165, 1.54) is 0 Å². The second-order valence-electron chi connectivity index (χ2n) is 4.07. The predicted molar refractivity (Wildman–Crippen MR) is 71.6 cm³/mol. The van der Waals surface area contributed by atoms with Gasteiger partial charge in [0.15, 0.2) is 5.78 Å². The summed E-state index contributed by atoms with van der Waals surface area (Å²) < 4.78 is 6.08. The van der Waals surface area contributed by atoms with Crippen molar-refractivity contribution in [1.29, 1.82) is 0 Å². The number of carbonyl (C=O) groups is 1. The average molecular weight is 303 g/mol. The second kappa shape index (κ2) is 6.93. The fraction of sp³-hybridized carbons (Fsp3) is 0.583. The van der Waals surface area contributed by atoms with Crippen LogP contribution in [-0.4, -0.2) is 37.1 Å². The highest BCUT2D eigenvalue weighted by molar-refractivity contribution is 9.11. The van der Waals surface area contributed by atoms with Crippen molar-refractivity contribution in [2.24, 2.45) is 0 Å². The molecular weight excluding hydrogens is 284 g/mol. The number of allylic oxidation sites excluding steroid dienone is 3. The van der Waals surface area contributed by atoms with Gasteiger partial charge in [0.05, 0.1) is 13.2 Å². The predicted octanol–water partition coefficient (Wildman–Crippen LogP) is 1.98. The van der Waals surface area contributed by atoms with Crippen LogP contribution in [0.25, 0.3) is 0 Å². The summed E-state index contributed by atoms with van der Waals surface area (Å²) in [5, 5.41) is 2.07. The van der Waals surface area contributed by atoms with Crippen LogP contribution < -0.4 is 5.43 Å². The summed E-state index contributed by atoms with van der Waals surface area (Å²) in [5.74, 6) is 0.0730. The molecule has 0 amide bonds. The van der Waals surface area contributed by atoms with Crippen molar-refractivity contribution in [2.75, 3.05) is 26.3 Å². The zero-order chi connectivity index (χ0) is 12.8. The number of ketones is 1. The van der Waals surface area contributed by atoms with Crippen LogP contribution >= 0.6 is 15.9 Å². The van der Waals surface area contributed by atoms with Gasteiger partial charge < -0.3 is 10.2 Å². The number of morpholine rings is 1. The van der Waals surface area contributed by atoms with Gasteiger partial charge in [-0.15, -0.1) is 0 Å². The number of halogens is 1. The molecule has 1 fully saturated rings. The number of nitrogens with one attached hydrogen (secondary N) is 1. The molecule has 1 N–H and O–H groups in total. The van der Waals surface area contributed by atoms with Gasteiger partial charge in [0, 0.05) is 30.8 Å². The van der Waals surface area contributed by atoms with E-state index in [1.807, 2.05) is 6.92 Å². The number of rotatable bonds is 5. The van der Waals surface area contributed by atoms with Gasteiger partial charge in [-0.05, 0) is 18.3 Å². The first-order chi connectivity index (χ1) is 8.00. The van der Waals surface area contributed by atoms with Crippen LogP contribution in [-0.2, 0) is 9.53 Å². The molecule has 96 valence electrons. The summed E-state index contributed by atoms with van der Waals surface area (Å²) in [5.41, 5.74) is 4.91. The zero-order valence-corrected chi connectivity index (χ0v) is 12.0. The summed E-state index contributed by atoms with van der Waals surface area (Å²) >= 11 is 3.29. The number of nitrogens with zero attached hydrogens (tertiary/aromatic N) is 1. The molecule has 0 saturated carbocycles. The van der Waals surface area contributed by atoms with Gasteiger partial charge in [-0.3, -0.25) is 4.79 Å². The molecule has 0 atom stereocenters. The molecule has 0 unspecified atom stereocenters. The highest BCUT2D eigenvalue weighted by atomic mass is 79.9. The Labute approximate surface area is 111 Å². The first-order valence-corrected chi connectivity index (χ1v) is 6.43. The van der Waals surface area contributed by atoms with Gasteiger partial charge in [-0.25, -0.2) is 5.01 Å². The minimum absolute atomic E-state index is 0.0730. The lowest BCUT2D eigenvalue weighted by atomic mass is 10.1. The summed E-state index contributed by atoms with van der Waals surface area (Å²) in [4.78, 5) is 11.6. The molecule has 0 aromatic rings. The number of hydrogen-bond acceptors (Lipinski definition) is 4. The smallest absolute Gasteiger partial charge is 0.157 e. The van der Waals surface area contributed by atoms with Crippen molar-refractivity contribution in [1.82, 2.24) is 10.4 Å². The molecule has 4 nitrogen and oxygen atoms in total. The molecule has 0 bridgehead atoms. The van der Waals surface area contributed by atoms with Crippen molar-refractivity contribution in [2.45, 2.75) is 20.3 Å². The summed E-state index contributed by atoms with van der Waals surface area (Å²) in [7, 11) is 0. The Bertz CT molecular complexity index is 333. The molecule has 5 heteroatoms. The van der Waals surface area contributed by atoms with Crippen molar-refractivity contribution >= 4 is 21.7 Å². The van der Waals surface area contributed by atoms with Crippen LogP contribution in [0.3, 0.4) is 0 Å². The fourth-order valence-corrected chi connectivity index (χ4v) is 1.97. The van der Waals surface area contributed by atoms with Crippen LogP contribution in [0.1, 0.15) is 20.3 Å². The van der Waals surface area contributed by atoms with Gasteiger partial charge in [0.1, 0.15) is 0 Å². The lowest BCUT2D eigenvalue weighted by Gasteiger charge is -2.29. The van der Waals surface area contributed by atoms with Crippen LogP contribution in [0, 0.1) is 0 Å². The van der Waals surface area contributed by atoms with Crippen LogP contribution in [0.2, 0.25) is 0 Å². The van der Waals surface area contributed by atoms with E-state index < -0.39 is 0 Å². The van der Waals surface area contributed by atoms with E-state index in [2.05, 4.69) is 32.9 Å². The Hall–Kier alpha value is -0.650. The quantitative estimate of drug-likeness (QED) is 0.789. The molecular formula is C12H19BrN2O2. The summed E-state index contributed by atoms with van der Waals surface area (Å²) in [6, 6.07) is 0. The Kier molecular flexibility index (Phi) is 5.88. The topological polar surface area (TPSA) is 41.6 Å². The fourth-order valence-electron chi connectivity index (χ4n) is 1.69. The monoisotopic (exact) mass is 302 g/mol. The van der Waals surface area contributed by atoms with Gasteiger partial charge in [0.25, 0.3) is 0 Å². The van der Waals surface area contributed by atoms with Crippen molar-refractivity contribution in [3.05, 3.63) is 22.3 Å². The first kappa shape index (κ1) is 14.4. The summed E-state index contributed by atoms with van der Waals surface area (Å²) in [6.07, 6.45) is 0.554. The van der Waals surface area contributed by atoms with E-state index in [9.17, 15) is 4.79 Å². The molecule has 1 rings (SSSR count). The van der Waals surface area contributed by atoms with Crippen LogP contribution in [0.15, 0.2) is 22.3 Å². The van der Waals surface area contributed by atoms with Gasteiger partial charge in [-0.2, -0.15) is 0 Å². The first-order valence-electron chi connectivity index (χ1n) is 5.64. The Morgan fingerprint density at radius 2 is 2.00 bits per heavy atom. The van der Waals surface area contributed by atoms with Crippen LogP contribution in [0.4, 0.5) is 0 Å². The molecule has 1 aliphatic rings. The highest BCUT2D eigenvalue weighted by Crippen LogP contribution is 2.18. The normalized spacial score (nSPS) is 18.5. The zero-order valence-electron chi connectivity index (χ0n) is 10.4. The number of hydrazine groups is 1. The third-order valence-electron chi connectivity index (χ3n) is 2.58. The molecule has 0 aliphatic carbocycles. The molecule has 0 aromatic heterocycles. The Balaban J connectivity index is 2.68. The minimum atomic E-state index is 0.0730. The van der Waals surface area contributed by atoms with E-state index in [1.54, 1.807) is 6.92 Å². The van der Waals surface area contributed by atoms with Crippen molar-refractivity contribution in [3.8, 4) is 0 Å². The highest BCUT2D eigenvalue weighted by Gasteiger charge is 2.14. The molecule has 0 spiro atoms. The lowest BCUT2D eigenvalue weighted by Crippen LogP contribution is -2.45. The largest absolute Gasteiger partial charge is 0.379 e. The minimum Gasteiger partial charge on any atom is -0.379 e. The van der Waals surface area contributed by atoms with Gasteiger partial charge in [-0.1, -0.05) is 22.5 Å². The van der Waals surface area contributed by atoms with Crippen molar-refractivity contribution < 1.29 is 9.53 Å². The Morgan fingerprint density at radius 3 is 2.47 bits per heavy atom. The average Bonchev–Trinajstić information content (AvgIpc) is 2.26. The van der Waals surface area contributed by atoms with E-state index in [-0.39, 0.29) is 5.78 Å². The molecule has 0 aromatic carbocycles. The van der Waals surface area contributed by atoms with E-state index in [0.29, 0.717) is 6.42 Å². The second-order valence-corrected chi connectivity index (χ2v) is 5.19. The SMILES string of the molecule is C=C(Br)C/C(C(C)=O)=C(\C)NN1CCOCC1. The Morgan fingerprint density at radius 1 is 1.41 bits per heavy atom.